The quantitative estimate of drug-likeness (QED) is 0.819. The number of carbonyl (C=O) groups is 1. The van der Waals surface area contributed by atoms with Crippen LogP contribution in [0.5, 0.6) is 0 Å². The Morgan fingerprint density at radius 2 is 1.86 bits per heavy atom. The average Bonchev–Trinajstić information content (AvgIpc) is 2.36. The summed E-state index contributed by atoms with van der Waals surface area (Å²) in [5.74, 6) is -1.12. The maximum Gasteiger partial charge on any atom is 0.416 e. The van der Waals surface area contributed by atoms with Crippen LogP contribution >= 0.6 is 0 Å². The van der Waals surface area contributed by atoms with E-state index in [2.05, 4.69) is 10.6 Å². The number of hydrogen-bond acceptors (Lipinski definition) is 2. The van der Waals surface area contributed by atoms with Crippen molar-refractivity contribution in [3.05, 3.63) is 29.6 Å². The molecule has 0 radical (unpaired) electrons. The largest absolute Gasteiger partial charge is 0.416 e. The summed E-state index contributed by atoms with van der Waals surface area (Å²) >= 11 is 0. The summed E-state index contributed by atoms with van der Waals surface area (Å²) in [5, 5.41) is 5.21. The first-order valence-corrected chi connectivity index (χ1v) is 6.52. The third-order valence-corrected chi connectivity index (χ3v) is 2.75. The van der Waals surface area contributed by atoms with Gasteiger partial charge in [-0.2, -0.15) is 13.2 Å². The molecule has 1 unspecified atom stereocenters. The van der Waals surface area contributed by atoms with Crippen molar-refractivity contribution in [3.8, 4) is 0 Å². The van der Waals surface area contributed by atoms with Crippen molar-refractivity contribution in [2.24, 2.45) is 5.92 Å². The Labute approximate surface area is 120 Å². The second-order valence-electron chi connectivity index (χ2n) is 5.20. The molecular formula is C14H18F4N2O. The summed E-state index contributed by atoms with van der Waals surface area (Å²) in [6, 6.07) is 1.39. The fraction of sp³-hybridized carbons (Fsp3) is 0.500. The molecule has 1 rings (SSSR count). The number of halogens is 4. The van der Waals surface area contributed by atoms with Gasteiger partial charge >= 0.3 is 6.18 Å². The number of rotatable bonds is 5. The highest BCUT2D eigenvalue weighted by Crippen LogP contribution is 2.31. The molecule has 1 atom stereocenters. The van der Waals surface area contributed by atoms with Crippen molar-refractivity contribution in [2.45, 2.75) is 33.0 Å². The number of anilines is 1. The van der Waals surface area contributed by atoms with Crippen molar-refractivity contribution in [3.63, 3.8) is 0 Å². The van der Waals surface area contributed by atoms with Crippen LogP contribution in [0.25, 0.3) is 0 Å². The molecule has 2 N–H and O–H groups in total. The number of carbonyl (C=O) groups excluding carboxylic acids is 1. The minimum absolute atomic E-state index is 0.143. The molecule has 118 valence electrons. The summed E-state index contributed by atoms with van der Waals surface area (Å²) in [4.78, 5) is 11.7. The predicted molar refractivity (Wildman–Crippen MR) is 72.3 cm³/mol. The fourth-order valence-corrected chi connectivity index (χ4v) is 1.57. The number of alkyl halides is 3. The van der Waals surface area contributed by atoms with E-state index in [1.54, 1.807) is 0 Å². The highest BCUT2D eigenvalue weighted by molar-refractivity contribution is 5.84. The molecule has 21 heavy (non-hydrogen) atoms. The molecular weight excluding hydrogens is 288 g/mol. The number of hydrogen-bond donors (Lipinski definition) is 2. The van der Waals surface area contributed by atoms with Gasteiger partial charge in [0, 0.05) is 6.54 Å². The molecule has 0 aliphatic carbocycles. The first kappa shape index (κ1) is 17.3. The fourth-order valence-electron chi connectivity index (χ4n) is 1.57. The van der Waals surface area contributed by atoms with E-state index < -0.39 is 23.6 Å². The number of benzene rings is 1. The smallest absolute Gasteiger partial charge is 0.372 e. The van der Waals surface area contributed by atoms with Crippen LogP contribution in [0.15, 0.2) is 18.2 Å². The average molecular weight is 306 g/mol. The van der Waals surface area contributed by atoms with Crippen molar-refractivity contribution in [2.75, 3.05) is 11.9 Å². The Hall–Kier alpha value is -1.79. The normalized spacial score (nSPS) is 13.1. The van der Waals surface area contributed by atoms with Gasteiger partial charge in [0.2, 0.25) is 5.91 Å². The third-order valence-electron chi connectivity index (χ3n) is 2.75. The predicted octanol–water partition coefficient (Wildman–Crippen LogP) is 3.42. The highest BCUT2D eigenvalue weighted by Gasteiger charge is 2.31. The van der Waals surface area contributed by atoms with Crippen molar-refractivity contribution >= 4 is 11.6 Å². The maximum atomic E-state index is 13.6. The summed E-state index contributed by atoms with van der Waals surface area (Å²) in [7, 11) is 0. The van der Waals surface area contributed by atoms with E-state index in [1.807, 2.05) is 13.8 Å². The summed E-state index contributed by atoms with van der Waals surface area (Å²) < 4.78 is 50.9. The Balaban J connectivity index is 2.73. The Kier molecular flexibility index (Phi) is 5.57. The van der Waals surface area contributed by atoms with E-state index in [1.165, 1.54) is 6.92 Å². The molecule has 3 nitrogen and oxygen atoms in total. The van der Waals surface area contributed by atoms with E-state index in [0.717, 1.165) is 12.1 Å². The lowest BCUT2D eigenvalue weighted by molar-refractivity contribution is -0.137. The van der Waals surface area contributed by atoms with Gasteiger partial charge in [0.15, 0.2) is 0 Å². The van der Waals surface area contributed by atoms with Gasteiger partial charge in [-0.3, -0.25) is 4.79 Å². The van der Waals surface area contributed by atoms with Crippen LogP contribution in [-0.4, -0.2) is 18.5 Å². The lowest BCUT2D eigenvalue weighted by atomic mass is 10.1. The molecule has 1 aromatic rings. The minimum Gasteiger partial charge on any atom is -0.372 e. The number of amides is 1. The van der Waals surface area contributed by atoms with E-state index >= 15 is 0 Å². The first-order chi connectivity index (χ1) is 9.61. The van der Waals surface area contributed by atoms with Crippen molar-refractivity contribution in [1.82, 2.24) is 5.32 Å². The van der Waals surface area contributed by atoms with Crippen LogP contribution in [0.2, 0.25) is 0 Å². The van der Waals surface area contributed by atoms with Gasteiger partial charge in [-0.05, 0) is 31.0 Å². The molecule has 0 aliphatic rings. The molecule has 0 saturated carbocycles. The topological polar surface area (TPSA) is 41.1 Å². The second-order valence-corrected chi connectivity index (χ2v) is 5.20. The Bertz CT molecular complexity index is 500. The van der Waals surface area contributed by atoms with Gasteiger partial charge in [0.1, 0.15) is 11.9 Å². The van der Waals surface area contributed by atoms with Crippen molar-refractivity contribution in [1.29, 1.82) is 0 Å². The molecule has 0 bridgehead atoms. The minimum atomic E-state index is -4.60. The molecule has 0 fully saturated rings. The van der Waals surface area contributed by atoms with Crippen LogP contribution in [0.3, 0.4) is 0 Å². The molecule has 1 amide bonds. The van der Waals surface area contributed by atoms with Gasteiger partial charge < -0.3 is 10.6 Å². The lowest BCUT2D eigenvalue weighted by Gasteiger charge is -2.17. The summed E-state index contributed by atoms with van der Waals surface area (Å²) in [5.41, 5.74) is -1.21. The van der Waals surface area contributed by atoms with E-state index in [-0.39, 0.29) is 17.5 Å². The molecule has 0 aliphatic heterocycles. The lowest BCUT2D eigenvalue weighted by Crippen LogP contribution is -2.39. The third kappa shape index (κ3) is 5.24. The van der Waals surface area contributed by atoms with Gasteiger partial charge in [-0.1, -0.05) is 13.8 Å². The zero-order valence-corrected chi connectivity index (χ0v) is 12.0. The van der Waals surface area contributed by atoms with Gasteiger partial charge in [0.05, 0.1) is 11.3 Å². The van der Waals surface area contributed by atoms with Crippen LogP contribution in [0.1, 0.15) is 26.3 Å². The van der Waals surface area contributed by atoms with Crippen molar-refractivity contribution < 1.29 is 22.4 Å². The Morgan fingerprint density at radius 3 is 2.33 bits per heavy atom. The summed E-state index contributed by atoms with van der Waals surface area (Å²) in [6.07, 6.45) is -4.60. The SMILES string of the molecule is CC(C)CNC(=O)C(C)Nc1ccc(C(F)(F)F)cc1F. The second kappa shape index (κ2) is 6.78. The van der Waals surface area contributed by atoms with E-state index in [9.17, 15) is 22.4 Å². The van der Waals surface area contributed by atoms with Gasteiger partial charge in [-0.15, -0.1) is 0 Å². The zero-order chi connectivity index (χ0) is 16.2. The molecule has 0 aromatic heterocycles. The van der Waals surface area contributed by atoms with Gasteiger partial charge in [-0.25, -0.2) is 4.39 Å². The molecule has 0 heterocycles. The van der Waals surface area contributed by atoms with Crippen LogP contribution in [0, 0.1) is 11.7 Å². The van der Waals surface area contributed by atoms with E-state index in [4.69, 9.17) is 0 Å². The first-order valence-electron chi connectivity index (χ1n) is 6.52. The van der Waals surface area contributed by atoms with E-state index in [0.29, 0.717) is 12.6 Å². The Morgan fingerprint density at radius 1 is 1.24 bits per heavy atom. The number of nitrogens with one attached hydrogen (secondary N) is 2. The molecule has 7 heteroatoms. The monoisotopic (exact) mass is 306 g/mol. The standard InChI is InChI=1S/C14H18F4N2O/c1-8(2)7-19-13(21)9(3)20-12-5-4-10(6-11(12)15)14(16,17)18/h4-6,8-9,20H,7H2,1-3H3,(H,19,21). The van der Waals surface area contributed by atoms with Crippen LogP contribution in [0.4, 0.5) is 23.2 Å². The van der Waals surface area contributed by atoms with Crippen LogP contribution in [-0.2, 0) is 11.0 Å². The van der Waals surface area contributed by atoms with Gasteiger partial charge in [0.25, 0.3) is 0 Å². The molecule has 1 aromatic carbocycles. The van der Waals surface area contributed by atoms with Crippen LogP contribution < -0.4 is 10.6 Å². The molecule has 0 spiro atoms. The summed E-state index contributed by atoms with van der Waals surface area (Å²) in [6.45, 7) is 5.83. The maximum absolute atomic E-state index is 13.6. The highest BCUT2D eigenvalue weighted by atomic mass is 19.4. The molecule has 0 saturated heterocycles. The zero-order valence-electron chi connectivity index (χ0n) is 12.0.